The molecule has 0 radical (unpaired) electrons. The molecule has 0 aliphatic heterocycles. The first kappa shape index (κ1) is 19.9. The molecule has 0 aliphatic rings. The van der Waals surface area contributed by atoms with Gasteiger partial charge in [-0.25, -0.2) is 4.98 Å². The smallest absolute Gasteiger partial charge is 0.315 e. The van der Waals surface area contributed by atoms with E-state index < -0.39 is 4.92 Å². The number of rotatable bonds is 7. The van der Waals surface area contributed by atoms with Crippen LogP contribution >= 0.6 is 0 Å². The summed E-state index contributed by atoms with van der Waals surface area (Å²) in [6.07, 6.45) is 2.26. The van der Waals surface area contributed by atoms with Crippen molar-refractivity contribution in [2.45, 2.75) is 13.3 Å². The quantitative estimate of drug-likeness (QED) is 0.336. The summed E-state index contributed by atoms with van der Waals surface area (Å²) in [5.41, 5.74) is 2.16. The number of ether oxygens (including phenoxy) is 2. The van der Waals surface area contributed by atoms with Crippen molar-refractivity contribution in [3.8, 4) is 17.6 Å². The van der Waals surface area contributed by atoms with Crippen molar-refractivity contribution in [1.82, 2.24) is 9.55 Å². The van der Waals surface area contributed by atoms with Gasteiger partial charge in [0.1, 0.15) is 6.07 Å². The first-order chi connectivity index (χ1) is 14.0. The van der Waals surface area contributed by atoms with Crippen LogP contribution in [0.2, 0.25) is 0 Å². The lowest BCUT2D eigenvalue weighted by atomic mass is 10.1. The van der Waals surface area contributed by atoms with Crippen molar-refractivity contribution in [2.24, 2.45) is 7.05 Å². The maximum atomic E-state index is 11.6. The molecule has 0 spiro atoms. The first-order valence-electron chi connectivity index (χ1n) is 9.03. The molecule has 3 aromatic rings. The number of para-hydroxylation sites is 2. The minimum absolute atomic E-state index is 0.0812. The summed E-state index contributed by atoms with van der Waals surface area (Å²) in [5, 5.41) is 21.3. The number of allylic oxidation sites excluding steroid dienone is 1. The van der Waals surface area contributed by atoms with E-state index in [-0.39, 0.29) is 22.8 Å². The number of benzene rings is 2. The largest absolute Gasteiger partial charge is 0.493 e. The number of aromatic nitrogens is 2. The molecule has 8 heteroatoms. The molecule has 0 saturated carbocycles. The van der Waals surface area contributed by atoms with Crippen molar-refractivity contribution in [1.29, 1.82) is 5.26 Å². The fourth-order valence-corrected chi connectivity index (χ4v) is 3.03. The molecule has 0 unspecified atom stereocenters. The van der Waals surface area contributed by atoms with Crippen LogP contribution in [0.15, 0.2) is 36.4 Å². The summed E-state index contributed by atoms with van der Waals surface area (Å²) < 4.78 is 12.6. The summed E-state index contributed by atoms with van der Waals surface area (Å²) in [7, 11) is 3.24. The summed E-state index contributed by atoms with van der Waals surface area (Å²) in [6, 6.07) is 12.7. The topological polar surface area (TPSA) is 103 Å². The number of nitro benzene ring substituents is 1. The minimum atomic E-state index is -0.522. The summed E-state index contributed by atoms with van der Waals surface area (Å²) in [4.78, 5) is 15.6. The maximum Gasteiger partial charge on any atom is 0.315 e. The second-order valence-electron chi connectivity index (χ2n) is 6.33. The van der Waals surface area contributed by atoms with Gasteiger partial charge >= 0.3 is 5.69 Å². The SMILES string of the molecule is CCCOc1c(OC)cc(/C=C(/C#N)c2nc3ccccc3n2C)cc1[N+](=O)[O-]. The van der Waals surface area contributed by atoms with Crippen molar-refractivity contribution in [2.75, 3.05) is 13.7 Å². The molecular formula is C21H20N4O4. The van der Waals surface area contributed by atoms with Gasteiger partial charge in [-0.3, -0.25) is 10.1 Å². The van der Waals surface area contributed by atoms with Gasteiger partial charge in [0, 0.05) is 13.1 Å². The standard InChI is InChI=1S/C21H20N4O4/c1-4-9-29-20-18(25(26)27)11-14(12-19(20)28-3)10-15(13-22)21-23-16-7-5-6-8-17(16)24(21)2/h5-8,10-12H,4,9H2,1-3H3/b15-10-. The Balaban J connectivity index is 2.14. The van der Waals surface area contributed by atoms with E-state index in [1.165, 1.54) is 13.2 Å². The molecule has 0 amide bonds. The monoisotopic (exact) mass is 392 g/mol. The molecule has 148 valence electrons. The second kappa shape index (κ2) is 8.44. The third-order valence-electron chi connectivity index (χ3n) is 4.38. The van der Waals surface area contributed by atoms with Crippen molar-refractivity contribution in [3.63, 3.8) is 0 Å². The maximum absolute atomic E-state index is 11.6. The number of imidazole rings is 1. The molecule has 0 aliphatic carbocycles. The number of aryl methyl sites for hydroxylation is 1. The normalized spacial score (nSPS) is 11.3. The fraction of sp³-hybridized carbons (Fsp3) is 0.238. The van der Waals surface area contributed by atoms with Crippen molar-refractivity contribution in [3.05, 3.63) is 57.9 Å². The Hall–Kier alpha value is -3.86. The molecule has 0 saturated heterocycles. The molecule has 0 N–H and O–H groups in total. The predicted octanol–water partition coefficient (Wildman–Crippen LogP) is 4.34. The third kappa shape index (κ3) is 3.89. The number of fused-ring (bicyclic) bond motifs is 1. The van der Waals surface area contributed by atoms with Gasteiger partial charge in [-0.15, -0.1) is 0 Å². The van der Waals surface area contributed by atoms with Gasteiger partial charge in [0.05, 0.1) is 35.2 Å². The number of nitrogens with zero attached hydrogens (tertiary/aromatic N) is 4. The number of hydrogen-bond donors (Lipinski definition) is 0. The van der Waals surface area contributed by atoms with Crippen molar-refractivity contribution >= 4 is 28.4 Å². The number of hydrogen-bond acceptors (Lipinski definition) is 6. The Bertz CT molecular complexity index is 1140. The van der Waals surface area contributed by atoms with E-state index in [9.17, 15) is 15.4 Å². The third-order valence-corrected chi connectivity index (χ3v) is 4.38. The van der Waals surface area contributed by atoms with E-state index >= 15 is 0 Å². The minimum Gasteiger partial charge on any atom is -0.493 e. The molecule has 1 heterocycles. The lowest BCUT2D eigenvalue weighted by Crippen LogP contribution is -2.02. The average molecular weight is 392 g/mol. The van der Waals surface area contributed by atoms with E-state index in [0.717, 1.165) is 11.0 Å². The van der Waals surface area contributed by atoms with Crippen molar-refractivity contribution < 1.29 is 14.4 Å². The Kier molecular flexibility index (Phi) is 5.79. The Morgan fingerprint density at radius 1 is 1.38 bits per heavy atom. The van der Waals surface area contributed by atoms with E-state index in [1.54, 1.807) is 12.1 Å². The summed E-state index contributed by atoms with van der Waals surface area (Å²) >= 11 is 0. The molecule has 29 heavy (non-hydrogen) atoms. The Morgan fingerprint density at radius 2 is 2.14 bits per heavy atom. The molecule has 8 nitrogen and oxygen atoms in total. The highest BCUT2D eigenvalue weighted by molar-refractivity contribution is 5.91. The van der Waals surface area contributed by atoms with Crippen LogP contribution in [-0.2, 0) is 7.05 Å². The van der Waals surface area contributed by atoms with Gasteiger partial charge < -0.3 is 14.0 Å². The van der Waals surface area contributed by atoms with E-state index in [0.29, 0.717) is 24.4 Å². The molecule has 3 rings (SSSR count). The molecule has 0 atom stereocenters. The van der Waals surface area contributed by atoms with Gasteiger partial charge in [0.25, 0.3) is 0 Å². The first-order valence-corrected chi connectivity index (χ1v) is 9.03. The predicted molar refractivity (Wildman–Crippen MR) is 110 cm³/mol. The van der Waals surface area contributed by atoms with Gasteiger partial charge in [-0.2, -0.15) is 5.26 Å². The zero-order chi connectivity index (χ0) is 21.0. The summed E-state index contributed by atoms with van der Waals surface area (Å²) in [5.74, 6) is 0.792. The van der Waals surface area contributed by atoms with Crippen LogP contribution in [0.4, 0.5) is 5.69 Å². The zero-order valence-corrected chi connectivity index (χ0v) is 16.4. The van der Waals surface area contributed by atoms with Gasteiger partial charge in [0.15, 0.2) is 11.6 Å². The number of nitro groups is 1. The highest BCUT2D eigenvalue weighted by Crippen LogP contribution is 2.39. The molecular weight excluding hydrogens is 372 g/mol. The average Bonchev–Trinajstić information content (AvgIpc) is 3.06. The highest BCUT2D eigenvalue weighted by atomic mass is 16.6. The molecule has 2 aromatic carbocycles. The van der Waals surface area contributed by atoms with Crippen LogP contribution in [0.1, 0.15) is 24.7 Å². The Labute approximate surface area is 167 Å². The van der Waals surface area contributed by atoms with Gasteiger partial charge in [0.2, 0.25) is 5.75 Å². The molecule has 0 fully saturated rings. The van der Waals surface area contributed by atoms with Crippen LogP contribution in [0.3, 0.4) is 0 Å². The number of nitriles is 1. The lowest BCUT2D eigenvalue weighted by molar-refractivity contribution is -0.386. The van der Waals surface area contributed by atoms with E-state index in [1.807, 2.05) is 42.8 Å². The Morgan fingerprint density at radius 3 is 2.76 bits per heavy atom. The van der Waals surface area contributed by atoms with Gasteiger partial charge in [-0.1, -0.05) is 19.1 Å². The lowest BCUT2D eigenvalue weighted by Gasteiger charge is -2.11. The van der Waals surface area contributed by atoms with Crippen LogP contribution in [0.25, 0.3) is 22.7 Å². The molecule has 0 bridgehead atoms. The van der Waals surface area contributed by atoms with Gasteiger partial charge in [-0.05, 0) is 36.3 Å². The van der Waals surface area contributed by atoms with Crippen LogP contribution in [0.5, 0.6) is 11.5 Å². The van der Waals surface area contributed by atoms with Crippen LogP contribution in [0, 0.1) is 21.4 Å². The fourth-order valence-electron chi connectivity index (χ4n) is 3.03. The zero-order valence-electron chi connectivity index (χ0n) is 16.4. The van der Waals surface area contributed by atoms with Crippen LogP contribution in [-0.4, -0.2) is 28.2 Å². The highest BCUT2D eigenvalue weighted by Gasteiger charge is 2.22. The van der Waals surface area contributed by atoms with E-state index in [2.05, 4.69) is 11.1 Å². The summed E-state index contributed by atoms with van der Waals surface area (Å²) in [6.45, 7) is 2.24. The number of methoxy groups -OCH3 is 1. The molecule has 1 aromatic heterocycles. The van der Waals surface area contributed by atoms with Crippen LogP contribution < -0.4 is 9.47 Å². The second-order valence-corrected chi connectivity index (χ2v) is 6.33. The van der Waals surface area contributed by atoms with E-state index in [4.69, 9.17) is 9.47 Å².